The molecule has 0 fully saturated rings. The molecular weight excluding hydrogens is 684 g/mol. The molecule has 0 saturated heterocycles. The van der Waals surface area contributed by atoms with Gasteiger partial charge >= 0.3 is 0 Å². The van der Waals surface area contributed by atoms with Crippen molar-refractivity contribution < 1.29 is 4.74 Å². The van der Waals surface area contributed by atoms with Crippen LogP contribution in [0.4, 0.5) is 0 Å². The topological polar surface area (TPSA) is 9.23 Å². The summed E-state index contributed by atoms with van der Waals surface area (Å²) in [6.07, 6.45) is 0.995. The van der Waals surface area contributed by atoms with Gasteiger partial charge < -0.3 is 4.74 Å². The van der Waals surface area contributed by atoms with Crippen molar-refractivity contribution in [3.63, 3.8) is 0 Å². The van der Waals surface area contributed by atoms with Gasteiger partial charge in [0, 0.05) is 9.80 Å². The van der Waals surface area contributed by atoms with Crippen LogP contribution >= 0.6 is 63.7 Å². The van der Waals surface area contributed by atoms with Gasteiger partial charge in [-0.2, -0.15) is 0 Å². The van der Waals surface area contributed by atoms with Gasteiger partial charge in [0.1, 0.15) is 5.75 Å². The van der Waals surface area contributed by atoms with Crippen molar-refractivity contribution in [2.24, 2.45) is 0 Å². The fourth-order valence-corrected chi connectivity index (χ4v) is 7.10. The molecule has 6 rings (SSSR count). The van der Waals surface area contributed by atoms with Crippen LogP contribution in [-0.2, 0) is 0 Å². The van der Waals surface area contributed by atoms with E-state index in [0.717, 1.165) is 30.9 Å². The predicted octanol–water partition coefficient (Wildman–Crippen LogP) is 10.9. The molecule has 0 atom stereocenters. The average molecular weight is 704 g/mol. The molecule has 0 aliphatic carbocycles. The van der Waals surface area contributed by atoms with Crippen molar-refractivity contribution in [3.8, 4) is 5.75 Å². The second-order valence-corrected chi connectivity index (χ2v) is 11.5. The largest absolute Gasteiger partial charge is 0.491 e. The van der Waals surface area contributed by atoms with E-state index in [0.29, 0.717) is 6.61 Å². The Bertz CT molecular complexity index is 1570. The van der Waals surface area contributed by atoms with Crippen LogP contribution in [-0.4, -0.2) is 11.9 Å². The maximum absolute atomic E-state index is 5.62. The fraction of sp³-hybridized carbons (Fsp3) is 0.103. The summed E-state index contributed by atoms with van der Waals surface area (Å²) in [5.41, 5.74) is 0. The first-order chi connectivity index (χ1) is 16.6. The highest BCUT2D eigenvalue weighted by atomic mass is 79.9. The number of hydrogen-bond acceptors (Lipinski definition) is 1. The number of rotatable bonds is 4. The van der Waals surface area contributed by atoms with E-state index in [2.05, 4.69) is 137 Å². The highest BCUT2D eigenvalue weighted by Crippen LogP contribution is 2.38. The summed E-state index contributed by atoms with van der Waals surface area (Å²) in [5, 5.41) is 11.8. The number of ether oxygens (including phenoxy) is 1. The predicted molar refractivity (Wildman–Crippen MR) is 161 cm³/mol. The molecule has 0 heterocycles. The molecule has 0 aromatic heterocycles. The molecule has 0 amide bonds. The molecule has 0 radical (unpaired) electrons. The molecule has 0 saturated carbocycles. The van der Waals surface area contributed by atoms with Crippen molar-refractivity contribution in [1.29, 1.82) is 0 Å². The summed E-state index contributed by atoms with van der Waals surface area (Å²) >= 11 is 13.7. The molecule has 0 aliphatic rings. The highest BCUT2D eigenvalue weighted by molar-refractivity contribution is 9.11. The first-order valence-corrected chi connectivity index (χ1v) is 14.5. The van der Waals surface area contributed by atoms with Gasteiger partial charge in [-0.3, -0.25) is 0 Å². The molecule has 1 nitrogen and oxygen atoms in total. The van der Waals surface area contributed by atoms with E-state index in [1.807, 2.05) is 12.1 Å². The lowest BCUT2D eigenvalue weighted by Crippen LogP contribution is -1.99. The van der Waals surface area contributed by atoms with Crippen LogP contribution < -0.4 is 4.74 Å². The zero-order valence-electron chi connectivity index (χ0n) is 18.1. The van der Waals surface area contributed by atoms with Crippen LogP contribution in [0.2, 0.25) is 0 Å². The molecule has 170 valence electrons. The van der Waals surface area contributed by atoms with Gasteiger partial charge in [0.05, 0.1) is 15.6 Å². The number of alkyl halides is 1. The molecule has 0 aliphatic heterocycles. The van der Waals surface area contributed by atoms with Crippen molar-refractivity contribution in [3.05, 3.63) is 98.3 Å². The number of benzene rings is 6. The Morgan fingerprint density at radius 2 is 1.24 bits per heavy atom. The van der Waals surface area contributed by atoms with E-state index in [-0.39, 0.29) is 0 Å². The molecule has 34 heavy (non-hydrogen) atoms. The molecule has 5 heteroatoms. The third-order valence-corrected chi connectivity index (χ3v) is 8.05. The Morgan fingerprint density at radius 3 is 1.97 bits per heavy atom. The van der Waals surface area contributed by atoms with E-state index >= 15 is 0 Å². The van der Waals surface area contributed by atoms with Crippen molar-refractivity contribution in [2.75, 3.05) is 11.9 Å². The van der Waals surface area contributed by atoms with Crippen LogP contribution in [0.1, 0.15) is 6.42 Å². The van der Waals surface area contributed by atoms with Crippen molar-refractivity contribution in [2.45, 2.75) is 6.42 Å². The van der Waals surface area contributed by atoms with E-state index in [9.17, 15) is 0 Å². The Hall–Kier alpha value is -1.66. The Labute approximate surface area is 232 Å². The first-order valence-electron chi connectivity index (χ1n) is 11.0. The van der Waals surface area contributed by atoms with Crippen molar-refractivity contribution >= 4 is 107 Å². The zero-order chi connectivity index (χ0) is 23.7. The standard InChI is InChI=1S/C20H12.C9H8Br4O/c1-2-7-17-15(4-1)12-16-9-8-13-5-3-6-14-10-11-18(17)20(16)19(13)14;10-2-1-3-14-9-7(12)4-6(11)5-8(9)13/h1-12H;4-5H,1-3H2. The lowest BCUT2D eigenvalue weighted by Gasteiger charge is -2.12. The number of halogens is 4. The maximum atomic E-state index is 5.62. The highest BCUT2D eigenvalue weighted by Gasteiger charge is 2.10. The van der Waals surface area contributed by atoms with Crippen LogP contribution in [0.15, 0.2) is 98.3 Å². The molecule has 0 unspecified atom stereocenters. The normalized spacial score (nSPS) is 11.3. The Kier molecular flexibility index (Phi) is 7.45. The monoisotopic (exact) mass is 700 g/mol. The first kappa shape index (κ1) is 24.1. The summed E-state index contributed by atoms with van der Waals surface area (Å²) < 4.78 is 8.54. The van der Waals surface area contributed by atoms with Gasteiger partial charge in [-0.15, -0.1) is 0 Å². The van der Waals surface area contributed by atoms with Gasteiger partial charge in [0.25, 0.3) is 0 Å². The summed E-state index contributed by atoms with van der Waals surface area (Å²) in [4.78, 5) is 0. The van der Waals surface area contributed by atoms with Crippen LogP contribution in [0, 0.1) is 0 Å². The molecule has 6 aromatic rings. The van der Waals surface area contributed by atoms with Crippen molar-refractivity contribution in [1.82, 2.24) is 0 Å². The van der Waals surface area contributed by atoms with E-state index in [1.54, 1.807) is 0 Å². The Balaban J connectivity index is 0.000000153. The second kappa shape index (κ2) is 10.5. The fourth-order valence-electron chi connectivity index (χ4n) is 4.39. The van der Waals surface area contributed by atoms with Gasteiger partial charge in [-0.05, 0) is 99.6 Å². The second-order valence-electron chi connectivity index (χ2n) is 8.04. The van der Waals surface area contributed by atoms with Crippen LogP contribution in [0.5, 0.6) is 5.75 Å². The summed E-state index contributed by atoms with van der Waals surface area (Å²) in [7, 11) is 0. The summed E-state index contributed by atoms with van der Waals surface area (Å²) in [6.45, 7) is 0.712. The molecule has 0 spiro atoms. The van der Waals surface area contributed by atoms with E-state index in [4.69, 9.17) is 4.74 Å². The third-order valence-electron chi connectivity index (χ3n) is 5.86. The smallest absolute Gasteiger partial charge is 0.147 e. The molecule has 0 N–H and O–H groups in total. The summed E-state index contributed by atoms with van der Waals surface area (Å²) in [5.74, 6) is 0.856. The minimum absolute atomic E-state index is 0.712. The van der Waals surface area contributed by atoms with Gasteiger partial charge in [0.15, 0.2) is 0 Å². The average Bonchev–Trinajstić information content (AvgIpc) is 2.84. The third kappa shape index (κ3) is 4.73. The summed E-state index contributed by atoms with van der Waals surface area (Å²) in [6, 6.07) is 30.4. The minimum atomic E-state index is 0.712. The molecular formula is C29H20Br4O. The quantitative estimate of drug-likeness (QED) is 0.0769. The molecule has 0 bridgehead atoms. The molecule has 6 aromatic carbocycles. The van der Waals surface area contributed by atoms with Crippen LogP contribution in [0.3, 0.4) is 0 Å². The van der Waals surface area contributed by atoms with Crippen LogP contribution in [0.25, 0.3) is 43.1 Å². The number of fused-ring (bicyclic) bond motifs is 2. The van der Waals surface area contributed by atoms with Gasteiger partial charge in [0.2, 0.25) is 0 Å². The van der Waals surface area contributed by atoms with E-state index < -0.39 is 0 Å². The van der Waals surface area contributed by atoms with Gasteiger partial charge in [-0.25, -0.2) is 0 Å². The van der Waals surface area contributed by atoms with Gasteiger partial charge in [-0.1, -0.05) is 98.6 Å². The minimum Gasteiger partial charge on any atom is -0.491 e. The lowest BCUT2D eigenvalue weighted by molar-refractivity contribution is 0.315. The zero-order valence-corrected chi connectivity index (χ0v) is 24.5. The lowest BCUT2D eigenvalue weighted by atomic mass is 9.91. The maximum Gasteiger partial charge on any atom is 0.147 e. The Morgan fingerprint density at radius 1 is 0.588 bits per heavy atom. The van der Waals surface area contributed by atoms with E-state index in [1.165, 1.54) is 43.1 Å². The number of hydrogen-bond donors (Lipinski definition) is 0. The SMILES string of the molecule is BrCCCOc1c(Br)cc(Br)cc1Br.c1ccc2c(c1)cc1ccc3cccc4ccc2c1c34.